The summed E-state index contributed by atoms with van der Waals surface area (Å²) >= 11 is 0. The van der Waals surface area contributed by atoms with Crippen LogP contribution in [0.1, 0.15) is 43.3 Å². The Bertz CT molecular complexity index is 1180. The molecule has 4 rings (SSSR count). The fourth-order valence-electron chi connectivity index (χ4n) is 3.61. The predicted molar refractivity (Wildman–Crippen MR) is 101 cm³/mol. The Balaban J connectivity index is 1.64. The second-order valence-corrected chi connectivity index (χ2v) is 9.14. The number of nitrogens with zero attached hydrogens (tertiary/aromatic N) is 6. The number of aryl methyl sites for hydroxylation is 2. The van der Waals surface area contributed by atoms with E-state index in [1.165, 1.54) is 27.4 Å². The summed E-state index contributed by atoms with van der Waals surface area (Å²) in [5.74, 6) is -0.311. The molecule has 162 valence electrons. The van der Waals surface area contributed by atoms with Crippen LogP contribution >= 0.6 is 0 Å². The number of sulfonamides is 1. The van der Waals surface area contributed by atoms with E-state index in [1.54, 1.807) is 6.92 Å². The molecule has 0 spiro atoms. The van der Waals surface area contributed by atoms with Crippen molar-refractivity contribution in [1.29, 1.82) is 0 Å². The summed E-state index contributed by atoms with van der Waals surface area (Å²) in [4.78, 5) is 4.35. The van der Waals surface area contributed by atoms with E-state index < -0.39 is 21.9 Å². The Morgan fingerprint density at radius 3 is 2.63 bits per heavy atom. The van der Waals surface area contributed by atoms with Crippen molar-refractivity contribution in [2.24, 2.45) is 0 Å². The Hall–Kier alpha value is -2.47. The SMILES string of the molecule is CCc1cc(C(F)(F)F)n2nc(C3CCN(S(=O)(=O)c4cnn(CC)c4)C3)cc2n1. The summed E-state index contributed by atoms with van der Waals surface area (Å²) in [5, 5.41) is 8.15. The highest BCUT2D eigenvalue weighted by Gasteiger charge is 2.37. The summed E-state index contributed by atoms with van der Waals surface area (Å²) in [6, 6.07) is 2.52. The third-order valence-corrected chi connectivity index (χ3v) is 7.11. The van der Waals surface area contributed by atoms with Crippen LogP contribution in [0.5, 0.6) is 0 Å². The number of hydrogen-bond acceptors (Lipinski definition) is 5. The average molecular weight is 442 g/mol. The molecule has 0 saturated carbocycles. The van der Waals surface area contributed by atoms with Crippen molar-refractivity contribution < 1.29 is 21.6 Å². The first-order chi connectivity index (χ1) is 14.1. The van der Waals surface area contributed by atoms with Gasteiger partial charge in [-0.15, -0.1) is 0 Å². The van der Waals surface area contributed by atoms with Gasteiger partial charge in [-0.05, 0) is 25.8 Å². The van der Waals surface area contributed by atoms with E-state index >= 15 is 0 Å². The molecule has 0 radical (unpaired) electrons. The number of hydrogen-bond donors (Lipinski definition) is 0. The normalized spacial score (nSPS) is 18.5. The first kappa shape index (κ1) is 20.8. The van der Waals surface area contributed by atoms with E-state index in [9.17, 15) is 21.6 Å². The van der Waals surface area contributed by atoms with Crippen LogP contribution in [0.3, 0.4) is 0 Å². The van der Waals surface area contributed by atoms with Gasteiger partial charge in [0.05, 0.1) is 11.9 Å². The van der Waals surface area contributed by atoms with E-state index in [0.29, 0.717) is 30.8 Å². The van der Waals surface area contributed by atoms with Gasteiger partial charge in [0.1, 0.15) is 10.6 Å². The lowest BCUT2D eigenvalue weighted by Gasteiger charge is -2.14. The zero-order valence-electron chi connectivity index (χ0n) is 16.5. The molecular weight excluding hydrogens is 421 g/mol. The molecule has 1 saturated heterocycles. The summed E-state index contributed by atoms with van der Waals surface area (Å²) in [5.41, 5.74) is -0.0414. The average Bonchev–Trinajstić information content (AvgIpc) is 3.44. The highest BCUT2D eigenvalue weighted by atomic mass is 32.2. The minimum absolute atomic E-state index is 0.105. The highest BCUT2D eigenvalue weighted by Crippen LogP contribution is 2.33. The van der Waals surface area contributed by atoms with Gasteiger partial charge in [-0.3, -0.25) is 4.68 Å². The van der Waals surface area contributed by atoms with E-state index in [1.807, 2.05) is 6.92 Å². The number of aromatic nitrogens is 5. The maximum atomic E-state index is 13.5. The molecule has 0 aliphatic carbocycles. The molecule has 0 amide bonds. The van der Waals surface area contributed by atoms with Crippen LogP contribution in [-0.2, 0) is 29.2 Å². The van der Waals surface area contributed by atoms with Crippen molar-refractivity contribution in [3.63, 3.8) is 0 Å². The Morgan fingerprint density at radius 2 is 2.00 bits per heavy atom. The topological polar surface area (TPSA) is 85.4 Å². The van der Waals surface area contributed by atoms with Crippen molar-refractivity contribution in [2.75, 3.05) is 13.1 Å². The fraction of sp³-hybridized carbons (Fsp3) is 0.500. The number of alkyl halides is 3. The molecule has 0 N–H and O–H groups in total. The van der Waals surface area contributed by atoms with Crippen LogP contribution in [0.25, 0.3) is 5.65 Å². The molecule has 8 nitrogen and oxygen atoms in total. The zero-order valence-corrected chi connectivity index (χ0v) is 17.3. The smallest absolute Gasteiger partial charge is 0.272 e. The lowest BCUT2D eigenvalue weighted by molar-refractivity contribution is -0.142. The standard InChI is InChI=1S/C18H21F3N6O2S/c1-3-13-7-16(18(19,20)21)27-17(23-13)8-15(24-27)12-5-6-26(10-12)30(28,29)14-9-22-25(4-2)11-14/h7-9,11-12H,3-6,10H2,1-2H3. The van der Waals surface area contributed by atoms with Crippen molar-refractivity contribution in [3.05, 3.63) is 41.6 Å². The largest absolute Gasteiger partial charge is 0.433 e. The Labute approximate surface area is 171 Å². The van der Waals surface area contributed by atoms with Crippen LogP contribution in [0.2, 0.25) is 0 Å². The molecule has 4 heterocycles. The van der Waals surface area contributed by atoms with Gasteiger partial charge < -0.3 is 0 Å². The van der Waals surface area contributed by atoms with Gasteiger partial charge in [-0.2, -0.15) is 27.7 Å². The predicted octanol–water partition coefficient (Wildman–Crippen LogP) is 2.71. The van der Waals surface area contributed by atoms with Crippen LogP contribution in [-0.4, -0.2) is 50.2 Å². The minimum atomic E-state index is -4.57. The molecule has 30 heavy (non-hydrogen) atoms. The fourth-order valence-corrected chi connectivity index (χ4v) is 5.07. The van der Waals surface area contributed by atoms with Gasteiger partial charge >= 0.3 is 6.18 Å². The zero-order chi connectivity index (χ0) is 21.7. The molecule has 0 bridgehead atoms. The Kier molecular flexibility index (Phi) is 5.09. The number of fused-ring (bicyclic) bond motifs is 1. The molecule has 0 aromatic carbocycles. The molecule has 1 fully saturated rings. The van der Waals surface area contributed by atoms with Crippen molar-refractivity contribution >= 4 is 15.7 Å². The van der Waals surface area contributed by atoms with Gasteiger partial charge in [0.2, 0.25) is 10.0 Å². The highest BCUT2D eigenvalue weighted by molar-refractivity contribution is 7.89. The molecule has 3 aromatic rings. The first-order valence-corrected chi connectivity index (χ1v) is 11.1. The summed E-state index contributed by atoms with van der Waals surface area (Å²) in [6.07, 6.45) is -0.963. The van der Waals surface area contributed by atoms with Gasteiger partial charge in [-0.25, -0.2) is 17.9 Å². The van der Waals surface area contributed by atoms with Crippen molar-refractivity contribution in [3.8, 4) is 0 Å². The first-order valence-electron chi connectivity index (χ1n) is 9.63. The van der Waals surface area contributed by atoms with Gasteiger partial charge in [0.15, 0.2) is 5.65 Å². The molecule has 1 unspecified atom stereocenters. The van der Waals surface area contributed by atoms with Gasteiger partial charge in [0.25, 0.3) is 0 Å². The monoisotopic (exact) mass is 442 g/mol. The quantitative estimate of drug-likeness (QED) is 0.607. The van der Waals surface area contributed by atoms with Crippen LogP contribution in [0.4, 0.5) is 13.2 Å². The number of rotatable bonds is 5. The summed E-state index contributed by atoms with van der Waals surface area (Å²) in [6.45, 7) is 4.54. The third kappa shape index (κ3) is 3.58. The lowest BCUT2D eigenvalue weighted by Crippen LogP contribution is -2.28. The molecule has 1 aliphatic heterocycles. The maximum absolute atomic E-state index is 13.5. The van der Waals surface area contributed by atoms with Gasteiger partial charge in [0, 0.05) is 43.5 Å². The third-order valence-electron chi connectivity index (χ3n) is 5.29. The van der Waals surface area contributed by atoms with Crippen LogP contribution < -0.4 is 0 Å². The lowest BCUT2D eigenvalue weighted by atomic mass is 10.1. The molecular formula is C18H21F3N6O2S. The second-order valence-electron chi connectivity index (χ2n) is 7.20. The minimum Gasteiger partial charge on any atom is -0.272 e. The summed E-state index contributed by atoms with van der Waals surface area (Å²) < 4.78 is 69.8. The van der Waals surface area contributed by atoms with E-state index in [0.717, 1.165) is 10.6 Å². The van der Waals surface area contributed by atoms with Crippen molar-refractivity contribution in [2.45, 2.75) is 50.2 Å². The van der Waals surface area contributed by atoms with Crippen LogP contribution in [0.15, 0.2) is 29.4 Å². The number of halogens is 3. The van der Waals surface area contributed by atoms with E-state index in [2.05, 4.69) is 15.2 Å². The molecule has 3 aromatic heterocycles. The Morgan fingerprint density at radius 1 is 1.23 bits per heavy atom. The van der Waals surface area contributed by atoms with Crippen LogP contribution in [0, 0.1) is 0 Å². The van der Waals surface area contributed by atoms with Gasteiger partial charge in [-0.1, -0.05) is 6.92 Å². The molecule has 1 atom stereocenters. The maximum Gasteiger partial charge on any atom is 0.433 e. The second kappa shape index (κ2) is 7.34. The molecule has 12 heteroatoms. The van der Waals surface area contributed by atoms with E-state index in [4.69, 9.17) is 0 Å². The van der Waals surface area contributed by atoms with Crippen molar-refractivity contribution in [1.82, 2.24) is 28.7 Å². The van der Waals surface area contributed by atoms with E-state index in [-0.39, 0.29) is 29.6 Å². The summed E-state index contributed by atoms with van der Waals surface area (Å²) in [7, 11) is -3.72. The molecule has 1 aliphatic rings.